The molecule has 0 aliphatic carbocycles. The van der Waals surface area contributed by atoms with E-state index >= 15 is 0 Å². The molecule has 3 heteroatoms. The monoisotopic (exact) mass is 195 g/mol. The van der Waals surface area contributed by atoms with Gasteiger partial charge in [0.15, 0.2) is 5.78 Å². The minimum absolute atomic E-state index is 0.0981. The Labute approximate surface area is 82.3 Å². The third-order valence-corrected chi connectivity index (χ3v) is 2.83. The largest absolute Gasteiger partial charge is 0.307 e. The van der Waals surface area contributed by atoms with E-state index in [1.165, 1.54) is 0 Å². The first-order valence-corrected chi connectivity index (χ1v) is 4.95. The van der Waals surface area contributed by atoms with Crippen LogP contribution in [0.1, 0.15) is 11.8 Å². The SMILES string of the molecule is C=C(c1cccs1)[C@H](NC)C(C)=O. The van der Waals surface area contributed by atoms with Crippen molar-refractivity contribution in [2.45, 2.75) is 13.0 Å². The summed E-state index contributed by atoms with van der Waals surface area (Å²) < 4.78 is 0. The van der Waals surface area contributed by atoms with E-state index in [0.29, 0.717) is 0 Å². The molecule has 1 aromatic heterocycles. The zero-order valence-electron chi connectivity index (χ0n) is 7.83. The van der Waals surface area contributed by atoms with Crippen LogP contribution in [-0.4, -0.2) is 18.9 Å². The fourth-order valence-electron chi connectivity index (χ4n) is 1.23. The van der Waals surface area contributed by atoms with Crippen molar-refractivity contribution in [3.63, 3.8) is 0 Å². The lowest BCUT2D eigenvalue weighted by Crippen LogP contribution is -2.32. The van der Waals surface area contributed by atoms with Crippen LogP contribution in [0.15, 0.2) is 24.1 Å². The van der Waals surface area contributed by atoms with Gasteiger partial charge in [-0.05, 0) is 31.0 Å². The molecule has 0 saturated carbocycles. The van der Waals surface area contributed by atoms with Gasteiger partial charge in [0.2, 0.25) is 0 Å². The van der Waals surface area contributed by atoms with Crippen LogP contribution in [0.5, 0.6) is 0 Å². The quantitative estimate of drug-likeness (QED) is 0.795. The topological polar surface area (TPSA) is 29.1 Å². The number of carbonyl (C=O) groups excluding carboxylic acids is 1. The first-order chi connectivity index (χ1) is 6.16. The Bertz CT molecular complexity index is 303. The number of ketones is 1. The third kappa shape index (κ3) is 2.26. The van der Waals surface area contributed by atoms with Crippen molar-refractivity contribution in [1.82, 2.24) is 5.32 Å². The van der Waals surface area contributed by atoms with Gasteiger partial charge in [-0.15, -0.1) is 11.3 Å². The molecule has 0 bridgehead atoms. The lowest BCUT2D eigenvalue weighted by molar-refractivity contribution is -0.117. The second-order valence-electron chi connectivity index (χ2n) is 2.83. The molecule has 1 rings (SSSR count). The van der Waals surface area contributed by atoms with Crippen molar-refractivity contribution >= 4 is 22.7 Å². The minimum Gasteiger partial charge on any atom is -0.307 e. The Morgan fingerprint density at radius 1 is 1.69 bits per heavy atom. The number of Topliss-reactive ketones (excluding diaryl/α,β-unsaturated/α-hetero) is 1. The lowest BCUT2D eigenvalue weighted by Gasteiger charge is -2.14. The van der Waals surface area contributed by atoms with Gasteiger partial charge in [0.1, 0.15) is 0 Å². The molecule has 0 unspecified atom stereocenters. The average Bonchev–Trinajstić information content (AvgIpc) is 2.56. The molecule has 1 N–H and O–H groups in total. The molecule has 0 saturated heterocycles. The number of thiophene rings is 1. The first kappa shape index (κ1) is 10.2. The zero-order valence-corrected chi connectivity index (χ0v) is 8.65. The smallest absolute Gasteiger partial charge is 0.151 e. The van der Waals surface area contributed by atoms with Crippen LogP contribution in [0, 0.1) is 0 Å². The van der Waals surface area contributed by atoms with Crippen LogP contribution in [0.25, 0.3) is 5.57 Å². The van der Waals surface area contributed by atoms with Crippen molar-refractivity contribution in [1.29, 1.82) is 0 Å². The Balaban J connectivity index is 2.83. The van der Waals surface area contributed by atoms with Crippen LogP contribution >= 0.6 is 11.3 Å². The lowest BCUT2D eigenvalue weighted by atomic mass is 10.0. The molecule has 2 nitrogen and oxygen atoms in total. The second kappa shape index (κ2) is 4.35. The van der Waals surface area contributed by atoms with Gasteiger partial charge in [-0.3, -0.25) is 4.79 Å². The standard InChI is InChI=1S/C10H13NOS/c1-7(9-5-4-6-13-9)10(11-3)8(2)12/h4-6,10-11H,1H2,2-3H3/t10-/m0/s1. The summed E-state index contributed by atoms with van der Waals surface area (Å²) in [6.07, 6.45) is 0. The molecule has 1 heterocycles. The third-order valence-electron chi connectivity index (χ3n) is 1.88. The van der Waals surface area contributed by atoms with Crippen molar-refractivity contribution in [2.24, 2.45) is 0 Å². The van der Waals surface area contributed by atoms with Crippen LogP contribution < -0.4 is 5.32 Å². The molecule has 0 radical (unpaired) electrons. The Morgan fingerprint density at radius 2 is 2.38 bits per heavy atom. The summed E-state index contributed by atoms with van der Waals surface area (Å²) >= 11 is 1.60. The van der Waals surface area contributed by atoms with Gasteiger partial charge in [0, 0.05) is 4.88 Å². The summed E-state index contributed by atoms with van der Waals surface area (Å²) in [5, 5.41) is 4.93. The van der Waals surface area contributed by atoms with Crippen molar-refractivity contribution in [3.05, 3.63) is 29.0 Å². The Morgan fingerprint density at radius 3 is 2.77 bits per heavy atom. The molecule has 1 atom stereocenters. The van der Waals surface area contributed by atoms with Gasteiger partial charge in [-0.25, -0.2) is 0 Å². The van der Waals surface area contributed by atoms with E-state index in [-0.39, 0.29) is 11.8 Å². The van der Waals surface area contributed by atoms with Gasteiger partial charge in [-0.2, -0.15) is 0 Å². The van der Waals surface area contributed by atoms with Gasteiger partial charge in [0.05, 0.1) is 6.04 Å². The van der Waals surface area contributed by atoms with Crippen molar-refractivity contribution in [2.75, 3.05) is 7.05 Å². The number of carbonyl (C=O) groups is 1. The molecule has 70 valence electrons. The molecule has 0 fully saturated rings. The van der Waals surface area contributed by atoms with Crippen molar-refractivity contribution in [3.8, 4) is 0 Å². The van der Waals surface area contributed by atoms with Gasteiger partial charge in [0.25, 0.3) is 0 Å². The van der Waals surface area contributed by atoms with E-state index in [2.05, 4.69) is 11.9 Å². The summed E-state index contributed by atoms with van der Waals surface area (Å²) in [5.74, 6) is 0.0981. The maximum absolute atomic E-state index is 11.2. The van der Waals surface area contributed by atoms with Gasteiger partial charge in [-0.1, -0.05) is 12.6 Å². The number of nitrogens with one attached hydrogen (secondary N) is 1. The van der Waals surface area contributed by atoms with Crippen LogP contribution in [-0.2, 0) is 4.79 Å². The van der Waals surface area contributed by atoms with Gasteiger partial charge < -0.3 is 5.32 Å². The maximum atomic E-state index is 11.2. The molecular weight excluding hydrogens is 182 g/mol. The highest BCUT2D eigenvalue weighted by molar-refractivity contribution is 7.11. The Kier molecular flexibility index (Phi) is 3.39. The van der Waals surface area contributed by atoms with Crippen LogP contribution in [0.4, 0.5) is 0 Å². The van der Waals surface area contributed by atoms with E-state index < -0.39 is 0 Å². The highest BCUT2D eigenvalue weighted by atomic mass is 32.1. The molecule has 0 spiro atoms. The molecular formula is C10H13NOS. The maximum Gasteiger partial charge on any atom is 0.151 e. The summed E-state index contributed by atoms with van der Waals surface area (Å²) in [6, 6.07) is 3.68. The van der Waals surface area contributed by atoms with Crippen molar-refractivity contribution < 1.29 is 4.79 Å². The highest BCUT2D eigenvalue weighted by Crippen LogP contribution is 2.21. The van der Waals surface area contributed by atoms with Gasteiger partial charge >= 0.3 is 0 Å². The predicted molar refractivity (Wildman–Crippen MR) is 56.9 cm³/mol. The normalized spacial score (nSPS) is 12.5. The Hall–Kier alpha value is -0.930. The average molecular weight is 195 g/mol. The van der Waals surface area contributed by atoms with E-state index in [1.807, 2.05) is 17.5 Å². The zero-order chi connectivity index (χ0) is 9.84. The highest BCUT2D eigenvalue weighted by Gasteiger charge is 2.16. The van der Waals surface area contributed by atoms with E-state index in [1.54, 1.807) is 25.3 Å². The van der Waals surface area contributed by atoms with E-state index in [4.69, 9.17) is 0 Å². The fraction of sp³-hybridized carbons (Fsp3) is 0.300. The fourth-order valence-corrected chi connectivity index (χ4v) is 1.96. The second-order valence-corrected chi connectivity index (χ2v) is 3.78. The summed E-state index contributed by atoms with van der Waals surface area (Å²) in [4.78, 5) is 12.3. The minimum atomic E-state index is -0.251. The summed E-state index contributed by atoms with van der Waals surface area (Å²) in [7, 11) is 1.77. The predicted octanol–water partition coefficient (Wildman–Crippen LogP) is 1.94. The number of rotatable bonds is 4. The number of hydrogen-bond acceptors (Lipinski definition) is 3. The number of hydrogen-bond donors (Lipinski definition) is 1. The molecule has 13 heavy (non-hydrogen) atoms. The number of likely N-dealkylation sites (N-methyl/N-ethyl adjacent to an activating group) is 1. The first-order valence-electron chi connectivity index (χ1n) is 4.07. The molecule has 0 aliphatic rings. The van der Waals surface area contributed by atoms with Crippen LogP contribution in [0.2, 0.25) is 0 Å². The van der Waals surface area contributed by atoms with Crippen LogP contribution in [0.3, 0.4) is 0 Å². The summed E-state index contributed by atoms with van der Waals surface area (Å²) in [5.41, 5.74) is 0.852. The molecule has 0 amide bonds. The van der Waals surface area contributed by atoms with E-state index in [9.17, 15) is 4.79 Å². The molecule has 1 aromatic rings. The molecule has 0 aliphatic heterocycles. The molecule has 0 aromatic carbocycles. The summed E-state index contributed by atoms with van der Waals surface area (Å²) in [6.45, 7) is 5.49. The van der Waals surface area contributed by atoms with E-state index in [0.717, 1.165) is 10.5 Å².